The van der Waals surface area contributed by atoms with Crippen LogP contribution < -0.4 is 14.2 Å². The van der Waals surface area contributed by atoms with E-state index in [0.717, 1.165) is 74.4 Å². The summed E-state index contributed by atoms with van der Waals surface area (Å²) in [6, 6.07) is 9.11. The number of phenolic OH excluding ortho intramolecular Hbond substituents is 1. The number of phenols is 1. The van der Waals surface area contributed by atoms with Crippen LogP contribution in [-0.4, -0.2) is 85.4 Å². The smallest absolute Gasteiger partial charge is 0.215 e. The first-order valence-corrected chi connectivity index (χ1v) is 16.6. The van der Waals surface area contributed by atoms with Crippen LogP contribution in [0.1, 0.15) is 54.4 Å². The number of benzene rings is 2. The molecule has 232 valence electrons. The molecule has 0 aromatic heterocycles. The Morgan fingerprint density at radius 1 is 0.818 bits per heavy atom. The molecule has 2 aromatic carbocycles. The number of ether oxygens (including phenoxy) is 4. The van der Waals surface area contributed by atoms with Crippen LogP contribution in [0.4, 0.5) is 0 Å². The van der Waals surface area contributed by atoms with Crippen molar-refractivity contribution in [3.8, 4) is 23.0 Å². The fraction of sp³-hybridized carbons (Fsp3) is 0.611. The number of hydrogen-bond acceptors (Lipinski definition) is 8. The Balaban J connectivity index is 1.22. The van der Waals surface area contributed by atoms with Gasteiger partial charge in [-0.2, -0.15) is 0 Å². The molecule has 8 heteroatoms. The average molecular weight is 599 g/mol. The number of aromatic hydroxyl groups is 1. The predicted octanol–water partition coefficient (Wildman–Crippen LogP) is 3.89. The number of likely N-dealkylation sites (N-methyl/N-ethyl adjacent to an activating group) is 2. The Morgan fingerprint density at radius 2 is 1.48 bits per heavy atom. The summed E-state index contributed by atoms with van der Waals surface area (Å²) in [6.45, 7) is 1.92. The Labute approximate surface area is 258 Å². The highest BCUT2D eigenvalue weighted by molar-refractivity contribution is 5.64. The van der Waals surface area contributed by atoms with Crippen molar-refractivity contribution in [2.75, 3.05) is 41.4 Å². The van der Waals surface area contributed by atoms with Crippen LogP contribution in [0.15, 0.2) is 35.6 Å². The van der Waals surface area contributed by atoms with Crippen molar-refractivity contribution in [1.82, 2.24) is 9.80 Å². The summed E-state index contributed by atoms with van der Waals surface area (Å²) in [7, 11) is 7.88. The summed E-state index contributed by atoms with van der Waals surface area (Å²) in [5.41, 5.74) is 5.44. The SMILES string of the molecule is COc1ccc2c(c1O)[C@]13CCN(C)[C@H](C2)[C@@H]1CCC1(O)OC2=C(C[C@H]4[C@H]5Cc6ccc(OC)c7c6[C@@]4(CCN5C)[C@H]2O7)C13. The van der Waals surface area contributed by atoms with Crippen molar-refractivity contribution >= 4 is 0 Å². The topological polar surface area (TPSA) is 83.9 Å². The highest BCUT2D eigenvalue weighted by Crippen LogP contribution is 2.72. The number of fused-ring (bicyclic) bond motifs is 4. The van der Waals surface area contributed by atoms with Gasteiger partial charge in [0.05, 0.1) is 20.1 Å². The normalized spacial score (nSPS) is 42.3. The van der Waals surface area contributed by atoms with Gasteiger partial charge < -0.3 is 39.0 Å². The zero-order chi connectivity index (χ0) is 29.9. The molecule has 2 saturated heterocycles. The minimum Gasteiger partial charge on any atom is -0.504 e. The maximum atomic E-state index is 12.8. The Morgan fingerprint density at radius 3 is 2.20 bits per heavy atom. The third-order valence-electron chi connectivity index (χ3n) is 13.9. The largest absolute Gasteiger partial charge is 0.504 e. The molecular weight excluding hydrogens is 556 g/mol. The van der Waals surface area contributed by atoms with Crippen LogP contribution in [-0.2, 0) is 28.4 Å². The third kappa shape index (κ3) is 2.73. The minimum atomic E-state index is -1.35. The zero-order valence-corrected chi connectivity index (χ0v) is 26.1. The van der Waals surface area contributed by atoms with Gasteiger partial charge in [0.2, 0.25) is 5.79 Å². The van der Waals surface area contributed by atoms with Gasteiger partial charge in [-0.1, -0.05) is 12.1 Å². The first-order chi connectivity index (χ1) is 21.3. The van der Waals surface area contributed by atoms with Crippen LogP contribution >= 0.6 is 0 Å². The molecule has 3 fully saturated rings. The van der Waals surface area contributed by atoms with E-state index in [1.807, 2.05) is 6.07 Å². The summed E-state index contributed by atoms with van der Waals surface area (Å²) in [5, 5.41) is 24.7. The van der Waals surface area contributed by atoms with Gasteiger partial charge in [-0.3, -0.25) is 0 Å². The second-order valence-electron chi connectivity index (χ2n) is 15.1. The van der Waals surface area contributed by atoms with E-state index in [9.17, 15) is 10.2 Å². The molecule has 1 saturated carbocycles. The predicted molar refractivity (Wildman–Crippen MR) is 162 cm³/mol. The van der Waals surface area contributed by atoms with E-state index in [-0.39, 0.29) is 23.2 Å². The maximum Gasteiger partial charge on any atom is 0.215 e. The van der Waals surface area contributed by atoms with Crippen molar-refractivity contribution in [3.05, 3.63) is 57.9 Å². The molecular formula is C36H42N2O6. The fourth-order valence-corrected chi connectivity index (χ4v) is 12.3. The lowest BCUT2D eigenvalue weighted by molar-refractivity contribution is -0.244. The molecule has 0 amide bonds. The molecule has 10 rings (SSSR count). The maximum absolute atomic E-state index is 12.8. The van der Waals surface area contributed by atoms with Crippen LogP contribution in [0, 0.1) is 17.8 Å². The van der Waals surface area contributed by atoms with Gasteiger partial charge >= 0.3 is 0 Å². The van der Waals surface area contributed by atoms with Gasteiger partial charge in [0.1, 0.15) is 5.76 Å². The van der Waals surface area contributed by atoms with Crippen molar-refractivity contribution < 1.29 is 29.2 Å². The summed E-state index contributed by atoms with van der Waals surface area (Å²) < 4.78 is 25.7. The second-order valence-corrected chi connectivity index (χ2v) is 15.1. The van der Waals surface area contributed by atoms with E-state index in [4.69, 9.17) is 18.9 Å². The summed E-state index contributed by atoms with van der Waals surface area (Å²) in [5.74, 6) is 2.33. The first kappa shape index (κ1) is 26.3. The van der Waals surface area contributed by atoms with Crippen molar-refractivity contribution in [3.63, 3.8) is 0 Å². The van der Waals surface area contributed by atoms with E-state index in [2.05, 4.69) is 42.1 Å². The molecule has 8 aliphatic rings. The first-order valence-electron chi connectivity index (χ1n) is 16.6. The Hall–Kier alpha value is -2.94. The molecule has 1 spiro atoms. The highest BCUT2D eigenvalue weighted by atomic mass is 16.6. The Bertz CT molecular complexity index is 1670. The lowest BCUT2D eigenvalue weighted by Crippen LogP contribution is -2.68. The molecule has 2 N–H and O–H groups in total. The van der Waals surface area contributed by atoms with Crippen LogP contribution in [0.2, 0.25) is 0 Å². The average Bonchev–Trinajstić information content (AvgIpc) is 3.52. The molecule has 8 nitrogen and oxygen atoms in total. The minimum absolute atomic E-state index is 0.195. The third-order valence-corrected chi connectivity index (χ3v) is 13.9. The molecule has 4 aliphatic heterocycles. The number of likely N-dealkylation sites (tertiary alicyclic amines) is 2. The van der Waals surface area contributed by atoms with Crippen molar-refractivity contribution in [2.45, 2.75) is 79.8 Å². The van der Waals surface area contributed by atoms with E-state index in [0.29, 0.717) is 36.1 Å². The van der Waals surface area contributed by atoms with Gasteiger partial charge in [-0.15, -0.1) is 0 Å². The second kappa shape index (κ2) is 8.25. The standard InChI is InChI=1S/C36H42N2O6/c1-37-13-11-34-21(23(37)15-18-5-7-25(41-3)29(39)27(18)34)9-10-36(40)32(34)20-17-22-24-16-19-6-8-26(42-4)31-28(19)35(22,12-14-38(24)2)33(43-31)30(20)44-36/h5-8,21-24,32-33,39-40H,9-17H2,1-4H3/t21-,22-,23+,24+,32?,33-,34-,35-,36?/m0/s1. The van der Waals surface area contributed by atoms with Crippen LogP contribution in [0.5, 0.6) is 23.0 Å². The van der Waals surface area contributed by atoms with Crippen LogP contribution in [0.3, 0.4) is 0 Å². The molecule has 4 bridgehead atoms. The number of aliphatic hydroxyl groups is 1. The quantitative estimate of drug-likeness (QED) is 0.539. The molecule has 0 radical (unpaired) electrons. The van der Waals surface area contributed by atoms with Crippen molar-refractivity contribution in [1.29, 1.82) is 0 Å². The van der Waals surface area contributed by atoms with Gasteiger partial charge in [0.15, 0.2) is 29.1 Å². The molecule has 44 heavy (non-hydrogen) atoms. The molecule has 2 aromatic rings. The summed E-state index contributed by atoms with van der Waals surface area (Å²) in [4.78, 5) is 5.08. The van der Waals surface area contributed by atoms with Gasteiger partial charge in [-0.25, -0.2) is 0 Å². The summed E-state index contributed by atoms with van der Waals surface area (Å²) in [6.07, 6.45) is 5.76. The van der Waals surface area contributed by atoms with E-state index in [1.165, 1.54) is 22.3 Å². The van der Waals surface area contributed by atoms with Crippen molar-refractivity contribution in [2.24, 2.45) is 17.8 Å². The summed E-state index contributed by atoms with van der Waals surface area (Å²) >= 11 is 0. The molecule has 2 unspecified atom stereocenters. The fourth-order valence-electron chi connectivity index (χ4n) is 12.3. The number of hydrogen-bond donors (Lipinski definition) is 2. The lowest BCUT2D eigenvalue weighted by Gasteiger charge is -2.63. The molecule has 4 aliphatic carbocycles. The van der Waals surface area contributed by atoms with Gasteiger partial charge in [0.25, 0.3) is 0 Å². The van der Waals surface area contributed by atoms with E-state index >= 15 is 0 Å². The highest BCUT2D eigenvalue weighted by Gasteiger charge is 2.74. The molecule has 9 atom stereocenters. The monoisotopic (exact) mass is 598 g/mol. The van der Waals surface area contributed by atoms with E-state index in [1.54, 1.807) is 14.2 Å². The lowest BCUT2D eigenvalue weighted by atomic mass is 9.44. The molecule has 4 heterocycles. The number of piperidine rings is 2. The number of nitrogens with zero attached hydrogens (tertiary/aromatic N) is 2. The van der Waals surface area contributed by atoms with E-state index < -0.39 is 11.2 Å². The van der Waals surface area contributed by atoms with Crippen LogP contribution in [0.25, 0.3) is 0 Å². The Kier molecular flexibility index (Phi) is 4.93. The number of rotatable bonds is 2. The van der Waals surface area contributed by atoms with Gasteiger partial charge in [-0.05, 0) is 106 Å². The number of methoxy groups -OCH3 is 2. The van der Waals surface area contributed by atoms with Gasteiger partial charge in [0, 0.05) is 40.5 Å². The zero-order valence-electron chi connectivity index (χ0n) is 26.1.